The van der Waals surface area contributed by atoms with Crippen molar-refractivity contribution in [3.63, 3.8) is 0 Å². The predicted octanol–water partition coefficient (Wildman–Crippen LogP) is 3.10. The normalized spacial score (nSPS) is 11.5. The molecule has 3 nitrogen and oxygen atoms in total. The lowest BCUT2D eigenvalue weighted by molar-refractivity contribution is 0.601. The molecule has 1 aromatic rings. The third-order valence-corrected chi connectivity index (χ3v) is 3.41. The van der Waals surface area contributed by atoms with Crippen molar-refractivity contribution in [2.24, 2.45) is 0 Å². The van der Waals surface area contributed by atoms with Gasteiger partial charge in [0.1, 0.15) is 0 Å². The molecule has 0 unspecified atom stereocenters. The van der Waals surface area contributed by atoms with Crippen LogP contribution < -0.4 is 5.32 Å². The second kappa shape index (κ2) is 6.26. The van der Waals surface area contributed by atoms with Gasteiger partial charge in [-0.2, -0.15) is 0 Å². The molecular weight excluding hydrogens is 258 g/mol. The highest BCUT2D eigenvalue weighted by Crippen LogP contribution is 2.22. The summed E-state index contributed by atoms with van der Waals surface area (Å²) in [7, 11) is -3.03. The lowest BCUT2D eigenvalue weighted by Crippen LogP contribution is -2.07. The molecule has 5 heteroatoms. The molecule has 0 saturated carbocycles. The van der Waals surface area contributed by atoms with Crippen molar-refractivity contribution in [1.82, 2.24) is 0 Å². The maximum atomic E-state index is 11.3. The number of nitrogens with one attached hydrogen (secondary N) is 1. The van der Waals surface area contributed by atoms with Crippen molar-refractivity contribution < 1.29 is 8.42 Å². The Labute approximate surface area is 108 Å². The van der Waals surface area contributed by atoms with Crippen molar-refractivity contribution in [3.05, 3.63) is 28.8 Å². The van der Waals surface area contributed by atoms with Crippen LogP contribution in [0.25, 0.3) is 0 Å². The van der Waals surface area contributed by atoms with Crippen LogP contribution in [0, 0.1) is 0 Å². The molecule has 0 bridgehead atoms. The average molecular weight is 276 g/mol. The van der Waals surface area contributed by atoms with E-state index in [-0.39, 0.29) is 5.75 Å². The monoisotopic (exact) mass is 275 g/mol. The molecule has 0 amide bonds. The van der Waals surface area contributed by atoms with Gasteiger partial charge in [0, 0.05) is 23.5 Å². The number of halogens is 1. The van der Waals surface area contributed by atoms with E-state index in [2.05, 4.69) is 12.2 Å². The van der Waals surface area contributed by atoms with Crippen LogP contribution in [-0.2, 0) is 15.6 Å². The summed E-state index contributed by atoms with van der Waals surface area (Å²) in [6.07, 6.45) is 3.37. The smallest absolute Gasteiger partial charge is 0.151 e. The summed E-state index contributed by atoms with van der Waals surface area (Å²) in [6, 6.07) is 5.25. The number of sulfone groups is 1. The van der Waals surface area contributed by atoms with Crippen molar-refractivity contribution in [2.45, 2.75) is 25.5 Å². The molecule has 0 aromatic heterocycles. The van der Waals surface area contributed by atoms with Crippen LogP contribution in [0.4, 0.5) is 5.69 Å². The summed E-state index contributed by atoms with van der Waals surface area (Å²) in [5, 5.41) is 3.84. The van der Waals surface area contributed by atoms with Crippen LogP contribution in [-0.4, -0.2) is 21.2 Å². The first-order valence-corrected chi connectivity index (χ1v) is 8.06. The van der Waals surface area contributed by atoms with Crippen molar-refractivity contribution >= 4 is 27.1 Å². The van der Waals surface area contributed by atoms with Gasteiger partial charge in [0.2, 0.25) is 0 Å². The van der Waals surface area contributed by atoms with Gasteiger partial charge < -0.3 is 5.32 Å². The summed E-state index contributed by atoms with van der Waals surface area (Å²) < 4.78 is 22.6. The highest BCUT2D eigenvalue weighted by molar-refractivity contribution is 7.89. The maximum absolute atomic E-state index is 11.3. The van der Waals surface area contributed by atoms with Crippen LogP contribution in [0.3, 0.4) is 0 Å². The molecule has 1 N–H and O–H groups in total. The highest BCUT2D eigenvalue weighted by atomic mass is 35.5. The molecule has 17 heavy (non-hydrogen) atoms. The lowest BCUT2D eigenvalue weighted by Gasteiger charge is -2.11. The maximum Gasteiger partial charge on any atom is 0.151 e. The molecule has 0 aliphatic heterocycles. The quantitative estimate of drug-likeness (QED) is 0.812. The average Bonchev–Trinajstić information content (AvgIpc) is 2.20. The third kappa shape index (κ3) is 5.41. The summed E-state index contributed by atoms with van der Waals surface area (Å²) in [4.78, 5) is 0. The Hall–Kier alpha value is -0.740. The zero-order valence-corrected chi connectivity index (χ0v) is 11.7. The summed E-state index contributed by atoms with van der Waals surface area (Å²) in [5.74, 6) is 0.0403. The van der Waals surface area contributed by atoms with E-state index in [1.807, 2.05) is 0 Å². The van der Waals surface area contributed by atoms with Gasteiger partial charge in [-0.1, -0.05) is 31.0 Å². The predicted molar refractivity (Wildman–Crippen MR) is 73.4 cm³/mol. The van der Waals surface area contributed by atoms with Gasteiger partial charge in [0.25, 0.3) is 0 Å². The van der Waals surface area contributed by atoms with Gasteiger partial charge in [-0.05, 0) is 24.1 Å². The minimum atomic E-state index is -3.03. The van der Waals surface area contributed by atoms with Crippen LogP contribution in [0.2, 0.25) is 5.02 Å². The Morgan fingerprint density at radius 2 is 2.06 bits per heavy atom. The summed E-state index contributed by atoms with van der Waals surface area (Å²) in [6.45, 7) is 2.94. The topological polar surface area (TPSA) is 46.2 Å². The van der Waals surface area contributed by atoms with Crippen molar-refractivity contribution in [3.8, 4) is 0 Å². The SMILES string of the molecule is CCCCNc1cc(Cl)ccc1CS(C)(=O)=O. The van der Waals surface area contributed by atoms with Crippen LogP contribution in [0.15, 0.2) is 18.2 Å². The van der Waals surface area contributed by atoms with Crippen molar-refractivity contribution in [1.29, 1.82) is 0 Å². The fourth-order valence-electron chi connectivity index (χ4n) is 1.52. The Kier molecular flexibility index (Phi) is 5.28. The number of unbranched alkanes of at least 4 members (excludes halogenated alkanes) is 1. The Morgan fingerprint density at radius 1 is 1.35 bits per heavy atom. The van der Waals surface area contributed by atoms with Gasteiger partial charge in [-0.25, -0.2) is 8.42 Å². The van der Waals surface area contributed by atoms with Crippen molar-refractivity contribution in [2.75, 3.05) is 18.1 Å². The fourth-order valence-corrected chi connectivity index (χ4v) is 2.51. The first-order chi connectivity index (χ1) is 7.92. The molecule has 0 aliphatic rings. The lowest BCUT2D eigenvalue weighted by atomic mass is 10.2. The minimum Gasteiger partial charge on any atom is -0.385 e. The summed E-state index contributed by atoms with van der Waals surface area (Å²) >= 11 is 5.91. The van der Waals surface area contributed by atoms with E-state index in [0.717, 1.165) is 30.6 Å². The van der Waals surface area contributed by atoms with E-state index in [1.54, 1.807) is 18.2 Å². The molecule has 0 atom stereocenters. The highest BCUT2D eigenvalue weighted by Gasteiger charge is 2.09. The van der Waals surface area contributed by atoms with Gasteiger partial charge in [0.05, 0.1) is 5.75 Å². The number of rotatable bonds is 6. The second-order valence-electron chi connectivity index (χ2n) is 4.15. The number of hydrogen-bond acceptors (Lipinski definition) is 3. The van der Waals surface area contributed by atoms with Gasteiger partial charge in [-0.3, -0.25) is 0 Å². The van der Waals surface area contributed by atoms with E-state index in [0.29, 0.717) is 5.02 Å². The minimum absolute atomic E-state index is 0.0403. The van der Waals surface area contributed by atoms with Crippen LogP contribution >= 0.6 is 11.6 Å². The van der Waals surface area contributed by atoms with E-state index < -0.39 is 9.84 Å². The Balaban J connectivity index is 2.87. The van der Waals surface area contributed by atoms with E-state index in [4.69, 9.17) is 11.6 Å². The summed E-state index contributed by atoms with van der Waals surface area (Å²) in [5.41, 5.74) is 1.59. The molecule has 0 fully saturated rings. The molecule has 96 valence electrons. The van der Waals surface area contributed by atoms with Gasteiger partial charge in [-0.15, -0.1) is 0 Å². The fraction of sp³-hybridized carbons (Fsp3) is 0.500. The van der Waals surface area contributed by atoms with E-state index in [1.165, 1.54) is 6.26 Å². The van der Waals surface area contributed by atoms with E-state index in [9.17, 15) is 8.42 Å². The third-order valence-electron chi connectivity index (χ3n) is 2.34. The second-order valence-corrected chi connectivity index (χ2v) is 6.73. The largest absolute Gasteiger partial charge is 0.385 e. The number of anilines is 1. The Bertz CT molecular complexity index is 471. The Morgan fingerprint density at radius 3 is 2.65 bits per heavy atom. The zero-order valence-electron chi connectivity index (χ0n) is 10.2. The number of hydrogen-bond donors (Lipinski definition) is 1. The van der Waals surface area contributed by atoms with Gasteiger partial charge in [0.15, 0.2) is 9.84 Å². The standard InChI is InChI=1S/C12H18ClNO2S/c1-3-4-7-14-12-8-11(13)6-5-10(12)9-17(2,15)16/h5-6,8,14H,3-4,7,9H2,1-2H3. The molecule has 1 rings (SSSR count). The molecule has 0 spiro atoms. The number of benzene rings is 1. The molecule has 1 aromatic carbocycles. The van der Waals surface area contributed by atoms with Crippen LogP contribution in [0.1, 0.15) is 25.3 Å². The molecular formula is C12H18ClNO2S. The first kappa shape index (κ1) is 14.3. The molecule has 0 saturated heterocycles. The molecule has 0 heterocycles. The van der Waals surface area contributed by atoms with Gasteiger partial charge >= 0.3 is 0 Å². The van der Waals surface area contributed by atoms with Crippen LogP contribution in [0.5, 0.6) is 0 Å². The first-order valence-electron chi connectivity index (χ1n) is 5.62. The van der Waals surface area contributed by atoms with E-state index >= 15 is 0 Å². The molecule has 0 radical (unpaired) electrons. The molecule has 0 aliphatic carbocycles. The zero-order chi connectivity index (χ0) is 12.9.